The van der Waals surface area contributed by atoms with E-state index in [0.29, 0.717) is 0 Å². The molecule has 2 aromatic carbocycles. The molecule has 3 aromatic rings. The molecule has 0 saturated carbocycles. The van der Waals surface area contributed by atoms with Crippen molar-refractivity contribution in [2.24, 2.45) is 0 Å². The van der Waals surface area contributed by atoms with E-state index in [1.54, 1.807) is 6.26 Å². The van der Waals surface area contributed by atoms with E-state index in [1.807, 2.05) is 36.7 Å². The number of rotatable bonds is 1. The predicted molar refractivity (Wildman–Crippen MR) is 80.1 cm³/mol. The molecule has 1 aromatic heterocycles. The van der Waals surface area contributed by atoms with Crippen molar-refractivity contribution in [2.75, 3.05) is 0 Å². The highest BCUT2D eigenvalue weighted by atomic mass is 16.5. The van der Waals surface area contributed by atoms with Gasteiger partial charge in [-0.25, -0.2) is 0 Å². The molecule has 2 heterocycles. The van der Waals surface area contributed by atoms with Crippen molar-refractivity contribution >= 4 is 16.8 Å². The van der Waals surface area contributed by atoms with Gasteiger partial charge >= 0.3 is 0 Å². The maximum atomic E-state index is 5.88. The summed E-state index contributed by atoms with van der Waals surface area (Å²) in [6, 6.07) is 16.6. The molecule has 2 heteroatoms. The van der Waals surface area contributed by atoms with E-state index in [2.05, 4.69) is 35.3 Å². The average molecular weight is 259 g/mol. The second-order valence-electron chi connectivity index (χ2n) is 4.90. The Morgan fingerprint density at radius 3 is 2.70 bits per heavy atom. The predicted octanol–water partition coefficient (Wildman–Crippen LogP) is 4.33. The van der Waals surface area contributed by atoms with Gasteiger partial charge in [-0.1, -0.05) is 48.5 Å². The first-order chi connectivity index (χ1) is 9.93. The summed E-state index contributed by atoms with van der Waals surface area (Å²) in [5.74, 6) is 0. The first-order valence-electron chi connectivity index (χ1n) is 6.67. The fourth-order valence-corrected chi connectivity index (χ4v) is 2.76. The van der Waals surface area contributed by atoms with Crippen LogP contribution in [0.2, 0.25) is 0 Å². The largest absolute Gasteiger partial charge is 0.488 e. The van der Waals surface area contributed by atoms with E-state index in [0.717, 1.165) is 10.9 Å². The van der Waals surface area contributed by atoms with Gasteiger partial charge in [0.05, 0.1) is 6.26 Å². The van der Waals surface area contributed by atoms with Crippen LogP contribution in [0.3, 0.4) is 0 Å². The van der Waals surface area contributed by atoms with E-state index < -0.39 is 0 Å². The Morgan fingerprint density at radius 1 is 0.850 bits per heavy atom. The molecule has 0 radical (unpaired) electrons. The lowest BCUT2D eigenvalue weighted by molar-refractivity contribution is 0.182. The molecule has 2 nitrogen and oxygen atoms in total. The SMILES string of the molecule is C1=Cc2ccccc2C(c2cncc3ccccc23)O1. The molecule has 1 atom stereocenters. The molecule has 0 saturated heterocycles. The smallest absolute Gasteiger partial charge is 0.151 e. The Bertz CT molecular complexity index is 802. The monoisotopic (exact) mass is 259 g/mol. The molecule has 96 valence electrons. The lowest BCUT2D eigenvalue weighted by Gasteiger charge is -2.23. The number of benzene rings is 2. The van der Waals surface area contributed by atoms with Crippen LogP contribution in [0.1, 0.15) is 22.8 Å². The standard InChI is InChI=1S/C18H13NO/c1-4-8-16-13(5-1)9-10-20-18(16)17-12-19-11-14-6-2-3-7-15(14)17/h1-12,18H. The van der Waals surface area contributed by atoms with Crippen LogP contribution in [-0.4, -0.2) is 4.98 Å². The number of hydrogen-bond acceptors (Lipinski definition) is 2. The van der Waals surface area contributed by atoms with E-state index in [4.69, 9.17) is 4.74 Å². The topological polar surface area (TPSA) is 22.1 Å². The van der Waals surface area contributed by atoms with Crippen LogP contribution in [0.4, 0.5) is 0 Å². The van der Waals surface area contributed by atoms with Crippen LogP contribution in [0.5, 0.6) is 0 Å². The summed E-state index contributed by atoms with van der Waals surface area (Å²) >= 11 is 0. The van der Waals surface area contributed by atoms with E-state index in [-0.39, 0.29) is 6.10 Å². The highest BCUT2D eigenvalue weighted by molar-refractivity contribution is 5.85. The Hall–Kier alpha value is -2.61. The zero-order chi connectivity index (χ0) is 13.4. The normalized spacial score (nSPS) is 16.7. The minimum atomic E-state index is -0.0881. The fraction of sp³-hybridized carbons (Fsp3) is 0.0556. The first-order valence-corrected chi connectivity index (χ1v) is 6.67. The van der Waals surface area contributed by atoms with Crippen molar-refractivity contribution in [1.29, 1.82) is 0 Å². The van der Waals surface area contributed by atoms with Crippen LogP contribution >= 0.6 is 0 Å². The number of hydrogen-bond donors (Lipinski definition) is 0. The quantitative estimate of drug-likeness (QED) is 0.649. The highest BCUT2D eigenvalue weighted by Gasteiger charge is 2.21. The Morgan fingerprint density at radius 2 is 1.70 bits per heavy atom. The second-order valence-corrected chi connectivity index (χ2v) is 4.90. The van der Waals surface area contributed by atoms with Crippen molar-refractivity contribution in [3.63, 3.8) is 0 Å². The van der Waals surface area contributed by atoms with Gasteiger partial charge in [0.25, 0.3) is 0 Å². The summed E-state index contributed by atoms with van der Waals surface area (Å²) in [5, 5.41) is 2.33. The number of pyridine rings is 1. The van der Waals surface area contributed by atoms with Crippen LogP contribution in [0, 0.1) is 0 Å². The minimum Gasteiger partial charge on any atom is -0.488 e. The molecule has 0 aliphatic carbocycles. The third-order valence-electron chi connectivity index (χ3n) is 3.72. The molecule has 0 bridgehead atoms. The van der Waals surface area contributed by atoms with Crippen molar-refractivity contribution in [2.45, 2.75) is 6.10 Å². The highest BCUT2D eigenvalue weighted by Crippen LogP contribution is 2.35. The summed E-state index contributed by atoms with van der Waals surface area (Å²) in [4.78, 5) is 4.36. The summed E-state index contributed by atoms with van der Waals surface area (Å²) in [7, 11) is 0. The van der Waals surface area contributed by atoms with Crippen LogP contribution < -0.4 is 0 Å². The average Bonchev–Trinajstić information content (AvgIpc) is 2.54. The van der Waals surface area contributed by atoms with Crippen molar-refractivity contribution in [3.05, 3.63) is 83.9 Å². The lowest BCUT2D eigenvalue weighted by Crippen LogP contribution is -2.08. The molecular formula is C18H13NO. The zero-order valence-corrected chi connectivity index (χ0v) is 10.9. The molecule has 0 amide bonds. The Balaban J connectivity index is 1.95. The minimum absolute atomic E-state index is 0.0881. The Kier molecular flexibility index (Phi) is 2.52. The van der Waals surface area contributed by atoms with Crippen molar-refractivity contribution in [3.8, 4) is 0 Å². The number of aromatic nitrogens is 1. The van der Waals surface area contributed by atoms with Gasteiger partial charge in [0.15, 0.2) is 6.10 Å². The second kappa shape index (κ2) is 4.49. The fourth-order valence-electron chi connectivity index (χ4n) is 2.76. The van der Waals surface area contributed by atoms with Gasteiger partial charge in [-0.05, 0) is 17.0 Å². The summed E-state index contributed by atoms with van der Waals surface area (Å²) in [5.41, 5.74) is 3.50. The summed E-state index contributed by atoms with van der Waals surface area (Å²) in [6.45, 7) is 0. The van der Waals surface area contributed by atoms with E-state index in [1.165, 1.54) is 16.5 Å². The van der Waals surface area contributed by atoms with Gasteiger partial charge in [0, 0.05) is 28.9 Å². The summed E-state index contributed by atoms with van der Waals surface area (Å²) in [6.07, 6.45) is 7.49. The zero-order valence-electron chi connectivity index (χ0n) is 10.9. The molecule has 1 aliphatic rings. The molecule has 0 spiro atoms. The van der Waals surface area contributed by atoms with Crippen LogP contribution in [0.25, 0.3) is 16.8 Å². The van der Waals surface area contributed by atoms with Crippen molar-refractivity contribution in [1.82, 2.24) is 4.98 Å². The maximum absolute atomic E-state index is 5.88. The molecule has 0 fully saturated rings. The van der Waals surface area contributed by atoms with Gasteiger partial charge in [-0.3, -0.25) is 4.98 Å². The lowest BCUT2D eigenvalue weighted by atomic mass is 9.93. The summed E-state index contributed by atoms with van der Waals surface area (Å²) < 4.78 is 5.88. The molecule has 20 heavy (non-hydrogen) atoms. The maximum Gasteiger partial charge on any atom is 0.151 e. The first kappa shape index (κ1) is 11.2. The van der Waals surface area contributed by atoms with Gasteiger partial charge in [0.1, 0.15) is 0 Å². The molecular weight excluding hydrogens is 246 g/mol. The van der Waals surface area contributed by atoms with E-state index in [9.17, 15) is 0 Å². The van der Waals surface area contributed by atoms with Gasteiger partial charge < -0.3 is 4.74 Å². The van der Waals surface area contributed by atoms with Gasteiger partial charge in [-0.2, -0.15) is 0 Å². The van der Waals surface area contributed by atoms with Crippen LogP contribution in [-0.2, 0) is 4.74 Å². The Labute approximate surface area is 117 Å². The molecule has 1 aliphatic heterocycles. The number of ether oxygens (including phenoxy) is 1. The third kappa shape index (κ3) is 1.69. The van der Waals surface area contributed by atoms with E-state index >= 15 is 0 Å². The molecule has 0 N–H and O–H groups in total. The van der Waals surface area contributed by atoms with Gasteiger partial charge in [-0.15, -0.1) is 0 Å². The van der Waals surface area contributed by atoms with Gasteiger partial charge in [0.2, 0.25) is 0 Å². The van der Waals surface area contributed by atoms with Crippen molar-refractivity contribution < 1.29 is 4.74 Å². The number of fused-ring (bicyclic) bond motifs is 2. The third-order valence-corrected chi connectivity index (χ3v) is 3.72. The molecule has 1 unspecified atom stereocenters. The molecule has 4 rings (SSSR count). The van der Waals surface area contributed by atoms with Crippen LogP contribution in [0.15, 0.2) is 67.2 Å². The number of nitrogens with zero attached hydrogens (tertiary/aromatic N) is 1.